The van der Waals surface area contributed by atoms with E-state index in [0.717, 1.165) is 61.8 Å². The van der Waals surface area contributed by atoms with Crippen molar-refractivity contribution in [1.29, 1.82) is 0 Å². The van der Waals surface area contributed by atoms with Gasteiger partial charge in [-0.25, -0.2) is 22.7 Å². The Bertz CT molecular complexity index is 1200. The summed E-state index contributed by atoms with van der Waals surface area (Å²) in [6.45, 7) is 9.77. The Morgan fingerprint density at radius 3 is 2.24 bits per heavy atom. The number of aryl methyl sites for hydroxylation is 2. The molecular weight excluding hydrogens is 490 g/mol. The van der Waals surface area contributed by atoms with E-state index in [9.17, 15) is 18.0 Å². The molecule has 1 aromatic rings. The zero-order valence-corrected chi connectivity index (χ0v) is 23.6. The highest BCUT2D eigenvalue weighted by atomic mass is 32.2. The molecular formula is C28H41N3O5S. The smallest absolute Gasteiger partial charge is 0.407 e. The number of benzene rings is 1. The van der Waals surface area contributed by atoms with Gasteiger partial charge in [0.15, 0.2) is 0 Å². The van der Waals surface area contributed by atoms with E-state index in [4.69, 9.17) is 4.74 Å². The maximum absolute atomic E-state index is 13.5. The lowest BCUT2D eigenvalue weighted by Crippen LogP contribution is -2.51. The number of rotatable bonds is 5. The summed E-state index contributed by atoms with van der Waals surface area (Å²) in [7, 11) is -4.00. The van der Waals surface area contributed by atoms with Crippen LogP contribution in [0.5, 0.6) is 0 Å². The molecule has 2 bridgehead atoms. The molecule has 0 saturated heterocycles. The van der Waals surface area contributed by atoms with Crippen molar-refractivity contribution in [3.8, 4) is 0 Å². The van der Waals surface area contributed by atoms with E-state index in [2.05, 4.69) is 35.3 Å². The number of amides is 3. The molecule has 8 nitrogen and oxygen atoms in total. The lowest BCUT2D eigenvalue weighted by atomic mass is 9.69. The van der Waals surface area contributed by atoms with Crippen molar-refractivity contribution in [2.75, 3.05) is 11.1 Å². The minimum absolute atomic E-state index is 0.255. The number of hydrogen-bond acceptors (Lipinski definition) is 5. The van der Waals surface area contributed by atoms with Crippen LogP contribution in [0.1, 0.15) is 89.0 Å². The minimum Gasteiger partial charge on any atom is -0.446 e. The van der Waals surface area contributed by atoms with Gasteiger partial charge < -0.3 is 15.4 Å². The van der Waals surface area contributed by atoms with Crippen molar-refractivity contribution in [1.82, 2.24) is 10.0 Å². The molecule has 4 aliphatic rings. The van der Waals surface area contributed by atoms with Crippen molar-refractivity contribution in [2.45, 2.75) is 104 Å². The third-order valence-electron chi connectivity index (χ3n) is 9.49. The number of carbonyl (C=O) groups excluding carboxylic acids is 2. The molecule has 0 spiro atoms. The largest absolute Gasteiger partial charge is 0.446 e. The molecule has 2 saturated carbocycles. The van der Waals surface area contributed by atoms with E-state index in [-0.39, 0.29) is 17.1 Å². The van der Waals surface area contributed by atoms with E-state index in [1.165, 1.54) is 11.1 Å². The summed E-state index contributed by atoms with van der Waals surface area (Å²) in [4.78, 5) is 25.7. The quantitative estimate of drug-likeness (QED) is 0.503. The van der Waals surface area contributed by atoms with Gasteiger partial charge in [-0.05, 0) is 112 Å². The van der Waals surface area contributed by atoms with Crippen LogP contribution in [0.4, 0.5) is 15.3 Å². The summed E-state index contributed by atoms with van der Waals surface area (Å²) in [5, 5.41) is 5.75. The van der Waals surface area contributed by atoms with Crippen molar-refractivity contribution < 1.29 is 22.7 Å². The van der Waals surface area contributed by atoms with Crippen molar-refractivity contribution in [2.24, 2.45) is 16.7 Å². The molecule has 204 valence electrons. The molecule has 3 atom stereocenters. The van der Waals surface area contributed by atoms with Crippen LogP contribution in [0.15, 0.2) is 6.07 Å². The Morgan fingerprint density at radius 2 is 1.68 bits per heavy atom. The fourth-order valence-electron chi connectivity index (χ4n) is 7.59. The fourth-order valence-corrected chi connectivity index (χ4v) is 9.38. The topological polar surface area (TPSA) is 114 Å². The predicted molar refractivity (Wildman–Crippen MR) is 143 cm³/mol. The third-order valence-corrected chi connectivity index (χ3v) is 10.9. The average molecular weight is 532 g/mol. The van der Waals surface area contributed by atoms with Gasteiger partial charge in [-0.2, -0.15) is 0 Å². The first kappa shape index (κ1) is 26.3. The standard InChI is InChI=1S/C28H41N3O5S/c1-26(2,3)30-25(33)36-22-15-19-12-13-28(22,27(19,4)5)16-37(34,35)31-24(32)29-23-20-10-6-8-17(20)14-18-9-7-11-21(18)23/h14,19,22H,6-13,15-16H2,1-5H3,(H,30,33)(H2,29,31,32)/t19-,22-,28+/m0/s1. The van der Waals surface area contributed by atoms with Crippen LogP contribution >= 0.6 is 0 Å². The highest BCUT2D eigenvalue weighted by Gasteiger charge is 2.67. The normalized spacial score (nSPS) is 27.5. The number of anilines is 1. The van der Waals surface area contributed by atoms with Crippen molar-refractivity contribution in [3.05, 3.63) is 28.3 Å². The van der Waals surface area contributed by atoms with Gasteiger partial charge in [-0.3, -0.25) is 0 Å². The number of carbonyl (C=O) groups is 2. The Balaban J connectivity index is 1.33. The number of urea groups is 1. The SMILES string of the molecule is CC(C)(C)NC(=O)O[C@H]1C[C@@H]2CC[C@]1(CS(=O)(=O)NC(=O)Nc1c3c(cc4c1CCC4)CCC3)C2(C)C. The van der Waals surface area contributed by atoms with Crippen LogP contribution in [0.3, 0.4) is 0 Å². The van der Waals surface area contributed by atoms with Crippen molar-refractivity contribution >= 4 is 27.8 Å². The first-order valence-electron chi connectivity index (χ1n) is 13.7. The zero-order chi connectivity index (χ0) is 26.8. The zero-order valence-electron chi connectivity index (χ0n) is 22.8. The predicted octanol–water partition coefficient (Wildman–Crippen LogP) is 4.83. The molecule has 4 aliphatic carbocycles. The van der Waals surface area contributed by atoms with Crippen molar-refractivity contribution in [3.63, 3.8) is 0 Å². The number of sulfonamides is 1. The van der Waals surface area contributed by atoms with Gasteiger partial charge in [0.2, 0.25) is 10.0 Å². The summed E-state index contributed by atoms with van der Waals surface area (Å²) in [6, 6.07) is 1.57. The van der Waals surface area contributed by atoms with Gasteiger partial charge in [0.05, 0.1) is 5.75 Å². The fraction of sp³-hybridized carbons (Fsp3) is 0.714. The number of alkyl carbamates (subject to hydrolysis) is 1. The second kappa shape index (κ2) is 8.89. The average Bonchev–Trinajstić information content (AvgIpc) is 3.49. The molecule has 2 fully saturated rings. The summed E-state index contributed by atoms with van der Waals surface area (Å²) in [5.41, 5.74) is 4.12. The maximum atomic E-state index is 13.5. The monoisotopic (exact) mass is 531 g/mol. The van der Waals surface area contributed by atoms with Crippen LogP contribution in [0.25, 0.3) is 0 Å². The van der Waals surface area contributed by atoms with Gasteiger partial charge in [-0.15, -0.1) is 0 Å². The number of ether oxygens (including phenoxy) is 1. The Labute approximate surface area is 220 Å². The van der Waals surface area contributed by atoms with E-state index < -0.39 is 39.2 Å². The van der Waals surface area contributed by atoms with Crippen LogP contribution in [0.2, 0.25) is 0 Å². The summed E-state index contributed by atoms with van der Waals surface area (Å²) < 4.78 is 35.1. The molecule has 0 aliphatic heterocycles. The lowest BCUT2D eigenvalue weighted by Gasteiger charge is -2.41. The van der Waals surface area contributed by atoms with E-state index in [1.807, 2.05) is 20.8 Å². The van der Waals surface area contributed by atoms with Crippen LogP contribution in [-0.4, -0.2) is 37.9 Å². The molecule has 1 aromatic carbocycles. The minimum atomic E-state index is -4.00. The number of nitrogens with one attached hydrogen (secondary N) is 3. The summed E-state index contributed by atoms with van der Waals surface area (Å²) in [5.74, 6) is 0.00789. The third kappa shape index (κ3) is 4.72. The Morgan fingerprint density at radius 1 is 1.05 bits per heavy atom. The molecule has 0 radical (unpaired) electrons. The first-order valence-corrected chi connectivity index (χ1v) is 15.3. The van der Waals surface area contributed by atoms with E-state index in [0.29, 0.717) is 12.8 Å². The maximum Gasteiger partial charge on any atom is 0.407 e. The molecule has 0 heterocycles. The van der Waals surface area contributed by atoms with Gasteiger partial charge in [0.1, 0.15) is 6.10 Å². The van der Waals surface area contributed by atoms with Crippen LogP contribution < -0.4 is 15.4 Å². The molecule has 5 rings (SSSR count). The Hall–Kier alpha value is -2.29. The van der Waals surface area contributed by atoms with Crippen LogP contribution in [0, 0.1) is 16.7 Å². The van der Waals surface area contributed by atoms with Gasteiger partial charge in [0.25, 0.3) is 0 Å². The van der Waals surface area contributed by atoms with E-state index >= 15 is 0 Å². The van der Waals surface area contributed by atoms with Gasteiger partial charge >= 0.3 is 12.1 Å². The van der Waals surface area contributed by atoms with Crippen LogP contribution in [-0.2, 0) is 40.4 Å². The van der Waals surface area contributed by atoms with E-state index in [1.54, 1.807) is 0 Å². The van der Waals surface area contributed by atoms with Gasteiger partial charge in [-0.1, -0.05) is 19.9 Å². The second-order valence-corrected chi connectivity index (χ2v) is 14.9. The molecule has 0 aromatic heterocycles. The first-order chi connectivity index (χ1) is 17.2. The molecule has 9 heteroatoms. The molecule has 37 heavy (non-hydrogen) atoms. The van der Waals surface area contributed by atoms with Gasteiger partial charge in [0, 0.05) is 16.6 Å². The molecule has 0 unspecified atom stereocenters. The second-order valence-electron chi connectivity index (χ2n) is 13.2. The summed E-state index contributed by atoms with van der Waals surface area (Å²) in [6.07, 6.45) is 7.01. The Kier molecular flexibility index (Phi) is 6.32. The highest BCUT2D eigenvalue weighted by Crippen LogP contribution is 2.66. The summed E-state index contributed by atoms with van der Waals surface area (Å²) >= 11 is 0. The lowest BCUT2D eigenvalue weighted by molar-refractivity contribution is -0.00433. The molecule has 3 N–H and O–H groups in total. The number of hydrogen-bond donors (Lipinski definition) is 3. The number of fused-ring (bicyclic) bond motifs is 4. The highest BCUT2D eigenvalue weighted by molar-refractivity contribution is 7.90. The molecule has 3 amide bonds.